The van der Waals surface area contributed by atoms with Crippen LogP contribution < -0.4 is 11.0 Å². The molecule has 0 spiro atoms. The smallest absolute Gasteiger partial charge is 0.285 e. The summed E-state index contributed by atoms with van der Waals surface area (Å²) in [6, 6.07) is 0. The van der Waals surface area contributed by atoms with E-state index in [4.69, 9.17) is 11.6 Å². The van der Waals surface area contributed by atoms with Crippen molar-refractivity contribution in [3.63, 3.8) is 0 Å². The summed E-state index contributed by atoms with van der Waals surface area (Å²) in [5, 5.41) is 10.2. The van der Waals surface area contributed by atoms with Gasteiger partial charge in [0.05, 0.1) is 11.9 Å². The van der Waals surface area contributed by atoms with Crippen molar-refractivity contribution in [3.8, 4) is 0 Å². The van der Waals surface area contributed by atoms with Gasteiger partial charge in [-0.2, -0.15) is 10.2 Å². The van der Waals surface area contributed by atoms with E-state index in [2.05, 4.69) is 25.7 Å². The van der Waals surface area contributed by atoms with Crippen molar-refractivity contribution in [2.45, 2.75) is 20.8 Å². The summed E-state index contributed by atoms with van der Waals surface area (Å²) in [6.07, 6.45) is 3.34. The molecule has 2 aromatic rings. The van der Waals surface area contributed by atoms with Crippen LogP contribution in [0.3, 0.4) is 0 Å². The van der Waals surface area contributed by atoms with Crippen LogP contribution in [0.25, 0.3) is 0 Å². The maximum atomic E-state index is 11.3. The number of hydrogen-bond donors (Lipinski definition) is 3. The summed E-state index contributed by atoms with van der Waals surface area (Å²) in [5.41, 5.74) is 6.66. The van der Waals surface area contributed by atoms with Crippen LogP contribution in [0.1, 0.15) is 23.7 Å². The predicted molar refractivity (Wildman–Crippen MR) is 76.0 cm³/mol. The molecule has 6 nitrogen and oxygen atoms in total. The summed E-state index contributed by atoms with van der Waals surface area (Å²) in [7, 11) is 0. The average molecular weight is 280 g/mol. The number of halogens is 1. The first kappa shape index (κ1) is 13.4. The zero-order valence-corrected chi connectivity index (χ0v) is 11.6. The van der Waals surface area contributed by atoms with Crippen LogP contribution in [0.5, 0.6) is 0 Å². The number of nitrogens with one attached hydrogen (secondary N) is 3. The molecule has 2 aromatic heterocycles. The number of anilines is 1. The number of aromatic nitrogens is 3. The number of nitrogens with zero attached hydrogens (tertiary/aromatic N) is 2. The van der Waals surface area contributed by atoms with Gasteiger partial charge in [-0.05, 0) is 26.3 Å². The van der Waals surface area contributed by atoms with E-state index in [9.17, 15) is 4.79 Å². The zero-order chi connectivity index (χ0) is 14.0. The summed E-state index contributed by atoms with van der Waals surface area (Å²) < 4.78 is 0. The number of aromatic amines is 2. The van der Waals surface area contributed by atoms with Crippen molar-refractivity contribution < 1.29 is 0 Å². The molecule has 0 saturated heterocycles. The highest BCUT2D eigenvalue weighted by molar-refractivity contribution is 6.32. The van der Waals surface area contributed by atoms with E-state index >= 15 is 0 Å². The minimum Gasteiger partial charge on any atom is -0.364 e. The van der Waals surface area contributed by atoms with Crippen LogP contribution in [0, 0.1) is 13.8 Å². The Labute approximate surface area is 114 Å². The fraction of sp³-hybridized carbons (Fsp3) is 0.250. The van der Waals surface area contributed by atoms with Gasteiger partial charge in [-0.25, -0.2) is 5.10 Å². The molecule has 0 aliphatic rings. The molecule has 0 bridgehead atoms. The molecule has 0 fully saturated rings. The Morgan fingerprint density at radius 2 is 2.21 bits per heavy atom. The second-order valence-corrected chi connectivity index (χ2v) is 4.59. The van der Waals surface area contributed by atoms with E-state index in [1.165, 1.54) is 6.20 Å². The number of H-pyrrole nitrogens is 2. The van der Waals surface area contributed by atoms with E-state index < -0.39 is 5.56 Å². The topological polar surface area (TPSA) is 85.9 Å². The fourth-order valence-electron chi connectivity index (χ4n) is 1.87. The molecule has 2 rings (SSSR count). The first-order chi connectivity index (χ1) is 9.00. The lowest BCUT2D eigenvalue weighted by atomic mass is 10.1. The molecule has 0 amide bonds. The van der Waals surface area contributed by atoms with Crippen molar-refractivity contribution in [2.75, 3.05) is 5.43 Å². The van der Waals surface area contributed by atoms with Crippen molar-refractivity contribution in [1.29, 1.82) is 0 Å². The Kier molecular flexibility index (Phi) is 3.71. The normalized spacial score (nSPS) is 11.7. The second kappa shape index (κ2) is 5.27. The highest BCUT2D eigenvalue weighted by Gasteiger charge is 2.08. The van der Waals surface area contributed by atoms with Crippen molar-refractivity contribution >= 4 is 23.0 Å². The predicted octanol–water partition coefficient (Wildman–Crippen LogP) is 2.20. The quantitative estimate of drug-likeness (QED) is 0.595. The molecule has 3 N–H and O–H groups in total. The maximum absolute atomic E-state index is 11.3. The molecule has 7 heteroatoms. The maximum Gasteiger partial charge on any atom is 0.285 e. The van der Waals surface area contributed by atoms with Crippen LogP contribution in [-0.4, -0.2) is 20.9 Å². The van der Waals surface area contributed by atoms with Crippen LogP contribution in [0.15, 0.2) is 22.3 Å². The number of hydrogen-bond acceptors (Lipinski definition) is 4. The number of aryl methyl sites for hydroxylation is 2. The first-order valence-corrected chi connectivity index (χ1v) is 6.07. The lowest BCUT2D eigenvalue weighted by molar-refractivity contribution is 0.986. The summed E-state index contributed by atoms with van der Waals surface area (Å²) in [5.74, 6) is 0. The van der Waals surface area contributed by atoms with Gasteiger partial charge in [0.2, 0.25) is 0 Å². The van der Waals surface area contributed by atoms with Crippen LogP contribution in [0.2, 0.25) is 5.02 Å². The van der Waals surface area contributed by atoms with E-state index in [-0.39, 0.29) is 5.02 Å². The molecule has 0 saturated carbocycles. The number of hydrazone groups is 1. The second-order valence-electron chi connectivity index (χ2n) is 4.21. The van der Waals surface area contributed by atoms with Gasteiger partial charge in [-0.15, -0.1) is 0 Å². The lowest BCUT2D eigenvalue weighted by Gasteiger charge is -2.05. The average Bonchev–Trinajstić information content (AvgIpc) is 2.71. The van der Waals surface area contributed by atoms with E-state index in [1.54, 1.807) is 0 Å². The van der Waals surface area contributed by atoms with E-state index in [0.717, 1.165) is 22.5 Å². The zero-order valence-electron chi connectivity index (χ0n) is 10.8. The van der Waals surface area contributed by atoms with E-state index in [0.29, 0.717) is 5.69 Å². The van der Waals surface area contributed by atoms with Crippen LogP contribution in [0.4, 0.5) is 5.69 Å². The van der Waals surface area contributed by atoms with Gasteiger partial charge in [0.1, 0.15) is 10.7 Å². The highest BCUT2D eigenvalue weighted by atomic mass is 35.5. The largest absolute Gasteiger partial charge is 0.364 e. The van der Waals surface area contributed by atoms with Crippen molar-refractivity contribution in [3.05, 3.63) is 44.6 Å². The molecule has 0 radical (unpaired) electrons. The monoisotopic (exact) mass is 279 g/mol. The summed E-state index contributed by atoms with van der Waals surface area (Å²) in [4.78, 5) is 14.4. The van der Waals surface area contributed by atoms with Crippen molar-refractivity contribution in [1.82, 2.24) is 15.2 Å². The Hall–Kier alpha value is -2.08. The lowest BCUT2D eigenvalue weighted by Crippen LogP contribution is -2.11. The molecule has 2 heterocycles. The van der Waals surface area contributed by atoms with Gasteiger partial charge in [0, 0.05) is 17.5 Å². The minimum atomic E-state index is -0.450. The molecule has 0 aromatic carbocycles. The highest BCUT2D eigenvalue weighted by Crippen LogP contribution is 2.16. The fourth-order valence-corrected chi connectivity index (χ4v) is 2.01. The molecule has 0 aliphatic carbocycles. The van der Waals surface area contributed by atoms with E-state index in [1.807, 2.05) is 27.0 Å². The molecular formula is C12H14ClN5O. The molecule has 100 valence electrons. The van der Waals surface area contributed by atoms with Gasteiger partial charge >= 0.3 is 0 Å². The van der Waals surface area contributed by atoms with Crippen LogP contribution in [-0.2, 0) is 0 Å². The molecule has 19 heavy (non-hydrogen) atoms. The Morgan fingerprint density at radius 3 is 2.84 bits per heavy atom. The molecule has 0 atom stereocenters. The summed E-state index contributed by atoms with van der Waals surface area (Å²) in [6.45, 7) is 5.85. The summed E-state index contributed by atoms with van der Waals surface area (Å²) >= 11 is 5.84. The van der Waals surface area contributed by atoms with Gasteiger partial charge in [-0.1, -0.05) is 11.6 Å². The minimum absolute atomic E-state index is 0.0362. The van der Waals surface area contributed by atoms with Crippen LogP contribution >= 0.6 is 11.6 Å². The molecular weight excluding hydrogens is 266 g/mol. The third kappa shape index (κ3) is 2.68. The Balaban J connectivity index is 2.28. The molecule has 0 aliphatic heterocycles. The SMILES string of the molecule is C/C(=N\Nc1cn[nH]c(=O)c1Cl)c1c(C)c[nH]c1C. The van der Waals surface area contributed by atoms with Gasteiger partial charge < -0.3 is 4.98 Å². The van der Waals surface area contributed by atoms with Gasteiger partial charge in [0.15, 0.2) is 0 Å². The number of rotatable bonds is 3. The standard InChI is InChI=1S/C12H14ClN5O/c1-6-4-14-7(2)10(6)8(3)16-17-9-5-15-18-12(19)11(9)13/h4-5,14H,1-3H3,(H2,17,18,19)/b16-8+. The third-order valence-corrected chi connectivity index (χ3v) is 3.15. The molecule has 0 unspecified atom stereocenters. The Morgan fingerprint density at radius 1 is 1.47 bits per heavy atom. The Bertz CT molecular complexity index is 666. The van der Waals surface area contributed by atoms with Crippen molar-refractivity contribution in [2.24, 2.45) is 5.10 Å². The van der Waals surface area contributed by atoms with Gasteiger partial charge in [0.25, 0.3) is 5.56 Å². The first-order valence-electron chi connectivity index (χ1n) is 5.69. The third-order valence-electron chi connectivity index (χ3n) is 2.78. The van der Waals surface area contributed by atoms with Gasteiger partial charge in [-0.3, -0.25) is 10.2 Å².